The van der Waals surface area contributed by atoms with Gasteiger partial charge in [0.15, 0.2) is 0 Å². The Hall–Kier alpha value is -1.46. The number of aryl methyl sites for hydroxylation is 1. The number of rotatable bonds is 6. The van der Waals surface area contributed by atoms with E-state index < -0.39 is 17.8 Å². The summed E-state index contributed by atoms with van der Waals surface area (Å²) in [5, 5.41) is 11.9. The first kappa shape index (κ1) is 14.6. The Labute approximate surface area is 106 Å². The number of carbonyl (C=O) groups is 1. The number of amides is 1. The lowest BCUT2D eigenvalue weighted by molar-refractivity contribution is 0.0587. The molecule has 0 fully saturated rings. The number of benzene rings is 1. The third-order valence-electron chi connectivity index (χ3n) is 2.56. The third-order valence-corrected chi connectivity index (χ3v) is 2.56. The minimum atomic E-state index is -0.627. The van der Waals surface area contributed by atoms with Gasteiger partial charge in [-0.05, 0) is 25.0 Å². The Bertz CT molecular complexity index is 409. The number of hydrogen-bond acceptors (Lipinski definition) is 3. The standard InChI is InChI=1S/C13H18FNO3/c1-9-4-3-5-11(12(9)14)13(17)15-7-6-10(16)8-18-2/h3-5,10,16H,6-8H2,1-2H3,(H,15,17). The van der Waals surface area contributed by atoms with Gasteiger partial charge in [0.25, 0.3) is 5.91 Å². The van der Waals surface area contributed by atoms with Crippen LogP contribution in [0.2, 0.25) is 0 Å². The number of carbonyl (C=O) groups excluding carboxylic acids is 1. The lowest BCUT2D eigenvalue weighted by Gasteiger charge is -2.10. The highest BCUT2D eigenvalue weighted by molar-refractivity contribution is 5.94. The average Bonchev–Trinajstić information content (AvgIpc) is 2.33. The van der Waals surface area contributed by atoms with E-state index in [0.717, 1.165) is 0 Å². The van der Waals surface area contributed by atoms with Crippen LogP contribution in [0.25, 0.3) is 0 Å². The van der Waals surface area contributed by atoms with Crippen molar-refractivity contribution in [1.29, 1.82) is 0 Å². The van der Waals surface area contributed by atoms with Crippen LogP contribution in [0, 0.1) is 12.7 Å². The van der Waals surface area contributed by atoms with Gasteiger partial charge >= 0.3 is 0 Å². The molecule has 1 atom stereocenters. The van der Waals surface area contributed by atoms with Crippen LogP contribution in [0.3, 0.4) is 0 Å². The molecular formula is C13H18FNO3. The summed E-state index contributed by atoms with van der Waals surface area (Å²) < 4.78 is 18.4. The molecule has 5 heteroatoms. The largest absolute Gasteiger partial charge is 0.391 e. The van der Waals surface area contributed by atoms with E-state index in [2.05, 4.69) is 5.32 Å². The van der Waals surface area contributed by atoms with Gasteiger partial charge in [0.2, 0.25) is 0 Å². The van der Waals surface area contributed by atoms with Crippen molar-refractivity contribution in [3.63, 3.8) is 0 Å². The maximum Gasteiger partial charge on any atom is 0.254 e. The van der Waals surface area contributed by atoms with Crippen LogP contribution in [0.15, 0.2) is 18.2 Å². The second-order valence-electron chi connectivity index (χ2n) is 4.09. The number of hydrogen-bond donors (Lipinski definition) is 2. The van der Waals surface area contributed by atoms with Gasteiger partial charge in [0, 0.05) is 13.7 Å². The van der Waals surface area contributed by atoms with E-state index in [1.165, 1.54) is 13.2 Å². The fraction of sp³-hybridized carbons (Fsp3) is 0.462. The highest BCUT2D eigenvalue weighted by Crippen LogP contribution is 2.11. The summed E-state index contributed by atoms with van der Waals surface area (Å²) in [4.78, 5) is 11.7. The average molecular weight is 255 g/mol. The van der Waals surface area contributed by atoms with Crippen LogP contribution >= 0.6 is 0 Å². The summed E-state index contributed by atoms with van der Waals surface area (Å²) >= 11 is 0. The first-order valence-corrected chi connectivity index (χ1v) is 5.76. The smallest absolute Gasteiger partial charge is 0.254 e. The van der Waals surface area contributed by atoms with Crippen molar-refractivity contribution in [2.75, 3.05) is 20.3 Å². The van der Waals surface area contributed by atoms with Gasteiger partial charge in [-0.1, -0.05) is 12.1 Å². The molecule has 0 bridgehead atoms. The summed E-state index contributed by atoms with van der Waals surface area (Å²) in [5.74, 6) is -0.978. The summed E-state index contributed by atoms with van der Waals surface area (Å²) in [6.45, 7) is 2.10. The molecule has 0 aliphatic rings. The second kappa shape index (κ2) is 7.08. The molecule has 18 heavy (non-hydrogen) atoms. The lowest BCUT2D eigenvalue weighted by atomic mass is 10.1. The molecule has 1 aromatic carbocycles. The van der Waals surface area contributed by atoms with E-state index in [1.807, 2.05) is 0 Å². The number of methoxy groups -OCH3 is 1. The van der Waals surface area contributed by atoms with Crippen molar-refractivity contribution in [3.05, 3.63) is 35.1 Å². The molecule has 0 spiro atoms. The Morgan fingerprint density at radius 3 is 2.94 bits per heavy atom. The zero-order valence-corrected chi connectivity index (χ0v) is 10.6. The van der Waals surface area contributed by atoms with Gasteiger partial charge in [-0.25, -0.2) is 4.39 Å². The molecule has 0 radical (unpaired) electrons. The number of aliphatic hydroxyl groups excluding tert-OH is 1. The Balaban J connectivity index is 2.48. The number of aliphatic hydroxyl groups is 1. The van der Waals surface area contributed by atoms with E-state index in [0.29, 0.717) is 12.0 Å². The summed E-state index contributed by atoms with van der Waals surface area (Å²) in [6.07, 6.45) is -0.259. The highest BCUT2D eigenvalue weighted by atomic mass is 19.1. The van der Waals surface area contributed by atoms with Crippen LogP contribution < -0.4 is 5.32 Å². The molecule has 4 nitrogen and oxygen atoms in total. The topological polar surface area (TPSA) is 58.6 Å². The maximum atomic E-state index is 13.6. The van der Waals surface area contributed by atoms with Crippen molar-refractivity contribution in [1.82, 2.24) is 5.32 Å². The minimum Gasteiger partial charge on any atom is -0.391 e. The van der Waals surface area contributed by atoms with Gasteiger partial charge in [-0.2, -0.15) is 0 Å². The first-order chi connectivity index (χ1) is 8.56. The molecular weight excluding hydrogens is 237 g/mol. The zero-order valence-electron chi connectivity index (χ0n) is 10.6. The SMILES string of the molecule is COCC(O)CCNC(=O)c1cccc(C)c1F. The minimum absolute atomic E-state index is 0.0243. The van der Waals surface area contributed by atoms with Crippen LogP contribution in [-0.4, -0.2) is 37.4 Å². The first-order valence-electron chi connectivity index (χ1n) is 5.76. The summed E-state index contributed by atoms with van der Waals surface area (Å²) in [7, 11) is 1.49. The van der Waals surface area contributed by atoms with Crippen molar-refractivity contribution >= 4 is 5.91 Å². The zero-order chi connectivity index (χ0) is 13.5. The Kier molecular flexibility index (Phi) is 5.74. The number of nitrogens with one attached hydrogen (secondary N) is 1. The Morgan fingerprint density at radius 1 is 1.56 bits per heavy atom. The van der Waals surface area contributed by atoms with Gasteiger partial charge in [0.1, 0.15) is 5.82 Å². The molecule has 1 amide bonds. The molecule has 1 unspecified atom stereocenters. The number of ether oxygens (including phenoxy) is 1. The third kappa shape index (κ3) is 4.09. The molecule has 0 aliphatic carbocycles. The van der Waals surface area contributed by atoms with Gasteiger partial charge in [-0.15, -0.1) is 0 Å². The van der Waals surface area contributed by atoms with Crippen LogP contribution in [0.1, 0.15) is 22.3 Å². The van der Waals surface area contributed by atoms with Gasteiger partial charge in [0.05, 0.1) is 18.3 Å². The molecule has 0 heterocycles. The van der Waals surface area contributed by atoms with Crippen LogP contribution in [-0.2, 0) is 4.74 Å². The molecule has 100 valence electrons. The quantitative estimate of drug-likeness (QED) is 0.804. The number of halogens is 1. The van der Waals surface area contributed by atoms with Crippen molar-refractivity contribution < 1.29 is 19.0 Å². The molecule has 1 rings (SSSR count). The van der Waals surface area contributed by atoms with Crippen LogP contribution in [0.4, 0.5) is 4.39 Å². The normalized spacial score (nSPS) is 12.2. The molecule has 0 aliphatic heterocycles. The van der Waals surface area contributed by atoms with Crippen molar-refractivity contribution in [2.24, 2.45) is 0 Å². The summed E-state index contributed by atoms with van der Waals surface area (Å²) in [6, 6.07) is 4.67. The predicted molar refractivity (Wildman–Crippen MR) is 66.0 cm³/mol. The molecule has 0 saturated heterocycles. The lowest BCUT2D eigenvalue weighted by Crippen LogP contribution is -2.29. The fourth-order valence-electron chi connectivity index (χ4n) is 1.55. The van der Waals surface area contributed by atoms with Gasteiger partial charge < -0.3 is 15.2 Å². The van der Waals surface area contributed by atoms with E-state index in [-0.39, 0.29) is 18.7 Å². The van der Waals surface area contributed by atoms with E-state index in [9.17, 15) is 14.3 Å². The highest BCUT2D eigenvalue weighted by Gasteiger charge is 2.13. The van der Waals surface area contributed by atoms with Crippen molar-refractivity contribution in [2.45, 2.75) is 19.4 Å². The maximum absolute atomic E-state index is 13.6. The van der Waals surface area contributed by atoms with Crippen LogP contribution in [0.5, 0.6) is 0 Å². The summed E-state index contributed by atoms with van der Waals surface area (Å²) in [5.41, 5.74) is 0.457. The molecule has 1 aromatic rings. The second-order valence-corrected chi connectivity index (χ2v) is 4.09. The van der Waals surface area contributed by atoms with Crippen molar-refractivity contribution in [3.8, 4) is 0 Å². The molecule has 0 saturated carbocycles. The predicted octanol–water partition coefficient (Wildman–Crippen LogP) is 1.26. The van der Waals surface area contributed by atoms with E-state index in [4.69, 9.17) is 4.74 Å². The molecule has 2 N–H and O–H groups in total. The monoisotopic (exact) mass is 255 g/mol. The van der Waals surface area contributed by atoms with E-state index >= 15 is 0 Å². The van der Waals surface area contributed by atoms with Gasteiger partial charge in [-0.3, -0.25) is 4.79 Å². The Morgan fingerprint density at radius 2 is 2.28 bits per heavy atom. The molecule has 0 aromatic heterocycles. The van der Waals surface area contributed by atoms with E-state index in [1.54, 1.807) is 19.1 Å². The fourth-order valence-corrected chi connectivity index (χ4v) is 1.55.